The third-order valence-corrected chi connectivity index (χ3v) is 7.07. The number of hydrogen-bond donors (Lipinski definition) is 1. The van der Waals surface area contributed by atoms with Gasteiger partial charge < -0.3 is 5.32 Å². The molecule has 0 spiro atoms. The average molecular weight is 436 g/mol. The van der Waals surface area contributed by atoms with Gasteiger partial charge in [0.2, 0.25) is 17.7 Å². The number of halogens is 2. The number of imide groups is 1. The third-order valence-electron chi connectivity index (χ3n) is 6.26. The van der Waals surface area contributed by atoms with Gasteiger partial charge in [-0.2, -0.15) is 0 Å². The van der Waals surface area contributed by atoms with Crippen LogP contribution in [0.15, 0.2) is 34.8 Å². The molecule has 0 radical (unpaired) electrons. The summed E-state index contributed by atoms with van der Waals surface area (Å²) in [4.78, 5) is 39.3. The number of rotatable bonds is 3. The molecule has 7 heteroatoms. The van der Waals surface area contributed by atoms with Crippen LogP contribution in [0.2, 0.25) is 5.02 Å². The molecular formula is C19H16BrClN2O3. The third kappa shape index (κ3) is 2.31. The first-order valence-corrected chi connectivity index (χ1v) is 9.91. The molecule has 134 valence electrons. The van der Waals surface area contributed by atoms with Crippen LogP contribution >= 0.6 is 27.5 Å². The minimum Gasteiger partial charge on any atom is -0.323 e. The van der Waals surface area contributed by atoms with Crippen LogP contribution in [0, 0.1) is 35.5 Å². The second-order valence-corrected chi connectivity index (χ2v) is 8.91. The maximum Gasteiger partial charge on any atom is 0.244 e. The highest BCUT2D eigenvalue weighted by Crippen LogP contribution is 2.65. The van der Waals surface area contributed by atoms with Crippen LogP contribution in [0.5, 0.6) is 0 Å². The van der Waals surface area contributed by atoms with Gasteiger partial charge in [-0.3, -0.25) is 19.3 Å². The van der Waals surface area contributed by atoms with Crippen LogP contribution in [0.3, 0.4) is 0 Å². The summed E-state index contributed by atoms with van der Waals surface area (Å²) in [7, 11) is 0. The molecule has 2 saturated carbocycles. The van der Waals surface area contributed by atoms with Crippen molar-refractivity contribution >= 4 is 50.9 Å². The fraction of sp³-hybridized carbons (Fsp3) is 0.421. The standard InChI is InChI=1S/C19H16BrClN2O3/c20-8-1-4-14(13(21)5-8)22-15(24)7-23-18(25)16-9-2-3-10(12-6-11(9)12)17(16)19(23)26/h1-5,9-12,16-17H,6-7H2,(H,22,24)/t9-,10+,11-,12-,16+,17+/m1/s1. The highest BCUT2D eigenvalue weighted by Gasteiger charge is 2.67. The molecular weight excluding hydrogens is 420 g/mol. The number of hydrogen-bond acceptors (Lipinski definition) is 3. The van der Waals surface area contributed by atoms with Crippen molar-refractivity contribution in [2.45, 2.75) is 6.42 Å². The van der Waals surface area contributed by atoms with Gasteiger partial charge in [-0.15, -0.1) is 0 Å². The Morgan fingerprint density at radius 1 is 1.15 bits per heavy atom. The lowest BCUT2D eigenvalue weighted by Gasteiger charge is -2.37. The second kappa shape index (κ2) is 5.67. The van der Waals surface area contributed by atoms with Crippen molar-refractivity contribution in [3.8, 4) is 0 Å². The monoisotopic (exact) mass is 434 g/mol. The first-order valence-electron chi connectivity index (χ1n) is 8.74. The van der Waals surface area contributed by atoms with E-state index >= 15 is 0 Å². The minimum atomic E-state index is -0.417. The predicted molar refractivity (Wildman–Crippen MR) is 99.2 cm³/mol. The number of nitrogens with zero attached hydrogens (tertiary/aromatic N) is 1. The van der Waals surface area contributed by atoms with Gasteiger partial charge in [0, 0.05) is 4.47 Å². The summed E-state index contributed by atoms with van der Waals surface area (Å²) in [5.41, 5.74) is 0.458. The highest BCUT2D eigenvalue weighted by molar-refractivity contribution is 9.10. The molecule has 4 aliphatic carbocycles. The zero-order valence-electron chi connectivity index (χ0n) is 13.7. The average Bonchev–Trinajstić information content (AvgIpc) is 3.39. The second-order valence-electron chi connectivity index (χ2n) is 7.59. The van der Waals surface area contributed by atoms with E-state index in [4.69, 9.17) is 11.6 Å². The van der Waals surface area contributed by atoms with Crippen LogP contribution in [0.1, 0.15) is 6.42 Å². The quantitative estimate of drug-likeness (QED) is 0.586. The number of allylic oxidation sites excluding steroid dienone is 2. The van der Waals surface area contributed by atoms with E-state index in [1.807, 2.05) is 0 Å². The van der Waals surface area contributed by atoms with Crippen LogP contribution < -0.4 is 5.32 Å². The molecule has 6 rings (SSSR count). The van der Waals surface area contributed by atoms with Crippen molar-refractivity contribution in [3.05, 3.63) is 39.8 Å². The summed E-state index contributed by atoms with van der Waals surface area (Å²) < 4.78 is 0.802. The molecule has 2 bridgehead atoms. The summed E-state index contributed by atoms with van der Waals surface area (Å²) >= 11 is 9.42. The fourth-order valence-electron chi connectivity index (χ4n) is 5.10. The van der Waals surface area contributed by atoms with E-state index in [-0.39, 0.29) is 42.0 Å². The summed E-state index contributed by atoms with van der Waals surface area (Å²) in [5.74, 6) is 0.0942. The molecule has 0 aromatic heterocycles. The lowest BCUT2D eigenvalue weighted by Crippen LogP contribution is -2.40. The smallest absolute Gasteiger partial charge is 0.244 e. The van der Waals surface area contributed by atoms with Gasteiger partial charge in [-0.25, -0.2) is 0 Å². The first kappa shape index (κ1) is 16.5. The van der Waals surface area contributed by atoms with Gasteiger partial charge in [0.05, 0.1) is 22.5 Å². The van der Waals surface area contributed by atoms with Crippen LogP contribution in [-0.2, 0) is 14.4 Å². The van der Waals surface area contributed by atoms with Crippen LogP contribution in [0.4, 0.5) is 5.69 Å². The molecule has 0 unspecified atom stereocenters. The van der Waals surface area contributed by atoms with E-state index in [0.717, 1.165) is 15.8 Å². The van der Waals surface area contributed by atoms with Gasteiger partial charge in [-0.1, -0.05) is 39.7 Å². The number of carbonyl (C=O) groups is 3. The molecule has 5 aliphatic rings. The zero-order chi connectivity index (χ0) is 18.2. The van der Waals surface area contributed by atoms with Crippen molar-refractivity contribution in [1.82, 2.24) is 4.90 Å². The normalized spacial score (nSPS) is 36.2. The van der Waals surface area contributed by atoms with E-state index in [1.165, 1.54) is 0 Å². The molecule has 3 amide bonds. The van der Waals surface area contributed by atoms with E-state index < -0.39 is 5.91 Å². The van der Waals surface area contributed by atoms with Crippen LogP contribution in [0.25, 0.3) is 0 Å². The Morgan fingerprint density at radius 3 is 2.35 bits per heavy atom. The largest absolute Gasteiger partial charge is 0.323 e. The van der Waals surface area contributed by atoms with Crippen molar-refractivity contribution in [2.75, 3.05) is 11.9 Å². The maximum atomic E-state index is 12.9. The lowest BCUT2D eigenvalue weighted by molar-refractivity contribution is -0.142. The number of likely N-dealkylation sites (tertiary alicyclic amines) is 1. The molecule has 26 heavy (non-hydrogen) atoms. The van der Waals surface area contributed by atoms with E-state index in [0.29, 0.717) is 22.5 Å². The topological polar surface area (TPSA) is 66.5 Å². The molecule has 1 heterocycles. The summed E-state index contributed by atoms with van der Waals surface area (Å²) in [6, 6.07) is 5.11. The lowest BCUT2D eigenvalue weighted by atomic mass is 9.63. The van der Waals surface area contributed by atoms with Gasteiger partial charge in [0.1, 0.15) is 6.54 Å². The van der Waals surface area contributed by atoms with E-state index in [2.05, 4.69) is 33.4 Å². The van der Waals surface area contributed by atoms with Gasteiger partial charge >= 0.3 is 0 Å². The first-order chi connectivity index (χ1) is 12.5. The minimum absolute atomic E-state index is 0.167. The van der Waals surface area contributed by atoms with E-state index in [9.17, 15) is 14.4 Å². The Morgan fingerprint density at radius 2 is 1.77 bits per heavy atom. The Labute approximate surface area is 163 Å². The highest BCUT2D eigenvalue weighted by atomic mass is 79.9. The fourth-order valence-corrected chi connectivity index (χ4v) is 5.82. The molecule has 6 atom stereocenters. The number of benzene rings is 1. The molecule has 1 aromatic rings. The van der Waals surface area contributed by atoms with Crippen LogP contribution in [-0.4, -0.2) is 29.2 Å². The van der Waals surface area contributed by atoms with Crippen molar-refractivity contribution in [3.63, 3.8) is 0 Å². The number of carbonyl (C=O) groups excluding carboxylic acids is 3. The number of nitrogens with one attached hydrogen (secondary N) is 1. The Bertz CT molecular complexity index is 850. The van der Waals surface area contributed by atoms with E-state index in [1.54, 1.807) is 18.2 Å². The Hall–Kier alpha value is -1.66. The van der Waals surface area contributed by atoms with Crippen molar-refractivity contribution in [1.29, 1.82) is 0 Å². The van der Waals surface area contributed by atoms with Gasteiger partial charge in [-0.05, 0) is 48.3 Å². The summed E-state index contributed by atoms with van der Waals surface area (Å²) in [6.45, 7) is -0.258. The van der Waals surface area contributed by atoms with Gasteiger partial charge in [0.25, 0.3) is 0 Å². The summed E-state index contributed by atoms with van der Waals surface area (Å²) in [6.07, 6.45) is 5.37. The summed E-state index contributed by atoms with van der Waals surface area (Å²) in [5, 5.41) is 3.08. The number of anilines is 1. The predicted octanol–water partition coefficient (Wildman–Crippen LogP) is 3.09. The molecule has 5 nitrogen and oxygen atoms in total. The SMILES string of the molecule is O=C(CN1C(=O)[C@H]2[C@@H]3C=C[C@@H]([C@H]4C[C@H]34)[C@@H]2C1=O)Nc1ccc(Br)cc1Cl. The zero-order valence-corrected chi connectivity index (χ0v) is 16.0. The molecule has 1 N–H and O–H groups in total. The number of amides is 3. The molecule has 1 aromatic carbocycles. The Balaban J connectivity index is 1.33. The van der Waals surface area contributed by atoms with Crippen molar-refractivity contribution in [2.24, 2.45) is 35.5 Å². The molecule has 1 aliphatic heterocycles. The molecule has 3 fully saturated rings. The van der Waals surface area contributed by atoms with Gasteiger partial charge in [0.15, 0.2) is 0 Å². The molecule has 1 saturated heterocycles. The van der Waals surface area contributed by atoms with Crippen molar-refractivity contribution < 1.29 is 14.4 Å². The Kier molecular flexibility index (Phi) is 3.60. The maximum absolute atomic E-state index is 12.9.